The van der Waals surface area contributed by atoms with E-state index in [1.165, 1.54) is 6.42 Å². The molecular weight excluding hydrogens is 268 g/mol. The third-order valence-electron chi connectivity index (χ3n) is 3.64. The lowest BCUT2D eigenvalue weighted by atomic mass is 10.1. The van der Waals surface area contributed by atoms with Crippen LogP contribution in [-0.4, -0.2) is 39.1 Å². The summed E-state index contributed by atoms with van der Waals surface area (Å²) in [7, 11) is 0. The minimum atomic E-state index is 0.177. The number of nitrogens with zero attached hydrogens (tertiary/aromatic N) is 4. The predicted octanol–water partition coefficient (Wildman–Crippen LogP) is 2.08. The first-order valence-electron chi connectivity index (χ1n) is 7.33. The van der Waals surface area contributed by atoms with Gasteiger partial charge in [-0.1, -0.05) is 0 Å². The van der Waals surface area contributed by atoms with Gasteiger partial charge in [-0.25, -0.2) is 0 Å². The number of aryl methyl sites for hydroxylation is 1. The molecule has 3 rings (SSSR count). The van der Waals surface area contributed by atoms with Crippen molar-refractivity contribution in [1.29, 1.82) is 0 Å². The van der Waals surface area contributed by atoms with Gasteiger partial charge in [0.2, 0.25) is 17.7 Å². The number of amides is 1. The molecule has 2 aromatic heterocycles. The fourth-order valence-corrected chi connectivity index (χ4v) is 2.48. The number of pyridine rings is 1. The molecule has 6 heteroatoms. The molecule has 0 aliphatic carbocycles. The maximum absolute atomic E-state index is 12.1. The second-order valence-corrected chi connectivity index (χ2v) is 5.18. The highest BCUT2D eigenvalue weighted by atomic mass is 16.4. The van der Waals surface area contributed by atoms with Crippen molar-refractivity contribution in [3.8, 4) is 11.5 Å². The van der Waals surface area contributed by atoms with Gasteiger partial charge in [-0.3, -0.25) is 9.78 Å². The van der Waals surface area contributed by atoms with Crippen molar-refractivity contribution in [2.45, 2.75) is 32.1 Å². The number of hydrogen-bond acceptors (Lipinski definition) is 5. The Kier molecular flexibility index (Phi) is 4.23. The third-order valence-corrected chi connectivity index (χ3v) is 3.64. The van der Waals surface area contributed by atoms with Gasteiger partial charge in [0.1, 0.15) is 0 Å². The first-order valence-corrected chi connectivity index (χ1v) is 7.33. The zero-order valence-corrected chi connectivity index (χ0v) is 11.9. The zero-order chi connectivity index (χ0) is 14.5. The van der Waals surface area contributed by atoms with Crippen molar-refractivity contribution in [2.24, 2.45) is 0 Å². The summed E-state index contributed by atoms with van der Waals surface area (Å²) in [5.74, 6) is 1.12. The van der Waals surface area contributed by atoms with Gasteiger partial charge >= 0.3 is 0 Å². The number of carbonyl (C=O) groups excluding carboxylic acids is 1. The van der Waals surface area contributed by atoms with Crippen LogP contribution < -0.4 is 0 Å². The Balaban J connectivity index is 1.56. The Hall–Kier alpha value is -2.24. The van der Waals surface area contributed by atoms with Crippen LogP contribution in [0.25, 0.3) is 11.5 Å². The highest BCUT2D eigenvalue weighted by molar-refractivity contribution is 5.76. The van der Waals surface area contributed by atoms with Gasteiger partial charge in [0, 0.05) is 38.3 Å². The molecule has 3 heterocycles. The molecule has 1 aliphatic heterocycles. The molecule has 0 radical (unpaired) electrons. The number of likely N-dealkylation sites (tertiary alicyclic amines) is 1. The second-order valence-electron chi connectivity index (χ2n) is 5.18. The summed E-state index contributed by atoms with van der Waals surface area (Å²) in [6, 6.07) is 3.68. The molecule has 0 N–H and O–H groups in total. The van der Waals surface area contributed by atoms with Gasteiger partial charge in [-0.15, -0.1) is 10.2 Å². The largest absolute Gasteiger partial charge is 0.421 e. The molecular formula is C15H18N4O2. The van der Waals surface area contributed by atoms with E-state index in [1.807, 2.05) is 17.0 Å². The van der Waals surface area contributed by atoms with E-state index in [2.05, 4.69) is 15.2 Å². The van der Waals surface area contributed by atoms with Crippen molar-refractivity contribution in [1.82, 2.24) is 20.1 Å². The Bertz CT molecular complexity index is 591. The van der Waals surface area contributed by atoms with Crippen LogP contribution in [0.5, 0.6) is 0 Å². The van der Waals surface area contributed by atoms with Crippen molar-refractivity contribution in [2.75, 3.05) is 13.1 Å². The quantitative estimate of drug-likeness (QED) is 0.860. The van der Waals surface area contributed by atoms with E-state index in [4.69, 9.17) is 4.42 Å². The molecule has 0 aromatic carbocycles. The Morgan fingerprint density at radius 1 is 1.24 bits per heavy atom. The number of piperidine rings is 1. The van der Waals surface area contributed by atoms with E-state index in [-0.39, 0.29) is 5.91 Å². The van der Waals surface area contributed by atoms with E-state index in [9.17, 15) is 4.79 Å². The molecule has 0 atom stereocenters. The summed E-state index contributed by atoms with van der Waals surface area (Å²) < 4.78 is 5.57. The maximum atomic E-state index is 12.1. The minimum absolute atomic E-state index is 0.177. The molecule has 1 fully saturated rings. The predicted molar refractivity (Wildman–Crippen MR) is 76.3 cm³/mol. The summed E-state index contributed by atoms with van der Waals surface area (Å²) in [6.45, 7) is 1.76. The zero-order valence-electron chi connectivity index (χ0n) is 11.9. The molecule has 110 valence electrons. The summed E-state index contributed by atoms with van der Waals surface area (Å²) in [4.78, 5) is 18.0. The average Bonchev–Trinajstić information content (AvgIpc) is 3.03. The summed E-state index contributed by atoms with van der Waals surface area (Å²) >= 11 is 0. The van der Waals surface area contributed by atoms with Gasteiger partial charge in [0.25, 0.3) is 0 Å². The maximum Gasteiger partial charge on any atom is 0.249 e. The summed E-state index contributed by atoms with van der Waals surface area (Å²) in [6.07, 6.45) is 7.72. The number of rotatable bonds is 4. The number of aromatic nitrogens is 3. The Labute approximate surface area is 123 Å². The first kappa shape index (κ1) is 13.7. The van der Waals surface area contributed by atoms with Gasteiger partial charge in [-0.05, 0) is 31.4 Å². The highest BCUT2D eigenvalue weighted by Gasteiger charge is 2.17. The van der Waals surface area contributed by atoms with Crippen molar-refractivity contribution >= 4 is 5.91 Å². The molecule has 0 unspecified atom stereocenters. The Morgan fingerprint density at radius 2 is 2.10 bits per heavy atom. The smallest absolute Gasteiger partial charge is 0.249 e. The van der Waals surface area contributed by atoms with Crippen LogP contribution in [0.15, 0.2) is 28.9 Å². The SMILES string of the molecule is O=C(CCc1nnc(-c2cccnc2)o1)N1CCCCC1. The van der Waals surface area contributed by atoms with E-state index < -0.39 is 0 Å². The molecule has 21 heavy (non-hydrogen) atoms. The standard InChI is InChI=1S/C15H18N4O2/c20-14(19-9-2-1-3-10-19)7-6-13-17-18-15(21-13)12-5-4-8-16-11-12/h4-5,8,11H,1-3,6-7,9-10H2. The fourth-order valence-electron chi connectivity index (χ4n) is 2.48. The highest BCUT2D eigenvalue weighted by Crippen LogP contribution is 2.17. The van der Waals surface area contributed by atoms with Crippen LogP contribution >= 0.6 is 0 Å². The minimum Gasteiger partial charge on any atom is -0.421 e. The number of carbonyl (C=O) groups is 1. The third kappa shape index (κ3) is 3.45. The van der Waals surface area contributed by atoms with E-state index in [0.29, 0.717) is 24.6 Å². The van der Waals surface area contributed by atoms with Crippen LogP contribution in [0.2, 0.25) is 0 Å². The Morgan fingerprint density at radius 3 is 2.86 bits per heavy atom. The van der Waals surface area contributed by atoms with Crippen molar-refractivity contribution in [3.05, 3.63) is 30.4 Å². The van der Waals surface area contributed by atoms with Crippen LogP contribution in [-0.2, 0) is 11.2 Å². The van der Waals surface area contributed by atoms with Gasteiger partial charge in [0.15, 0.2) is 0 Å². The topological polar surface area (TPSA) is 72.1 Å². The second kappa shape index (κ2) is 6.47. The lowest BCUT2D eigenvalue weighted by Crippen LogP contribution is -2.35. The van der Waals surface area contributed by atoms with Crippen LogP contribution in [0.3, 0.4) is 0 Å². The van der Waals surface area contributed by atoms with Gasteiger partial charge in [-0.2, -0.15) is 0 Å². The summed E-state index contributed by atoms with van der Waals surface area (Å²) in [5.41, 5.74) is 0.790. The van der Waals surface area contributed by atoms with E-state index in [0.717, 1.165) is 31.5 Å². The number of hydrogen-bond donors (Lipinski definition) is 0. The first-order chi connectivity index (χ1) is 10.3. The van der Waals surface area contributed by atoms with Gasteiger partial charge in [0.05, 0.1) is 5.56 Å². The van der Waals surface area contributed by atoms with Crippen LogP contribution in [0, 0.1) is 0 Å². The van der Waals surface area contributed by atoms with Crippen molar-refractivity contribution < 1.29 is 9.21 Å². The van der Waals surface area contributed by atoms with E-state index in [1.54, 1.807) is 12.4 Å². The molecule has 6 nitrogen and oxygen atoms in total. The molecule has 1 amide bonds. The van der Waals surface area contributed by atoms with Crippen molar-refractivity contribution in [3.63, 3.8) is 0 Å². The average molecular weight is 286 g/mol. The lowest BCUT2D eigenvalue weighted by Gasteiger charge is -2.26. The van der Waals surface area contributed by atoms with E-state index >= 15 is 0 Å². The van der Waals surface area contributed by atoms with Crippen LogP contribution in [0.4, 0.5) is 0 Å². The lowest BCUT2D eigenvalue weighted by molar-refractivity contribution is -0.132. The monoisotopic (exact) mass is 286 g/mol. The molecule has 0 saturated carbocycles. The van der Waals surface area contributed by atoms with Crippen LogP contribution in [0.1, 0.15) is 31.6 Å². The fraction of sp³-hybridized carbons (Fsp3) is 0.467. The molecule has 1 aliphatic rings. The molecule has 1 saturated heterocycles. The molecule has 0 spiro atoms. The normalized spacial score (nSPS) is 15.1. The molecule has 0 bridgehead atoms. The molecule has 2 aromatic rings. The summed E-state index contributed by atoms with van der Waals surface area (Å²) in [5, 5.41) is 7.99. The van der Waals surface area contributed by atoms with Gasteiger partial charge < -0.3 is 9.32 Å².